The minimum absolute atomic E-state index is 0. The molecule has 0 aliphatic carbocycles. The number of nitrogens with two attached hydrogens (primary N) is 1. The number of carbonyl (C=O) groups is 1. The Hall–Kier alpha value is -1.92. The zero-order chi connectivity index (χ0) is 13.0. The van der Waals surface area contributed by atoms with Gasteiger partial charge in [0, 0.05) is 12.6 Å². The molecule has 1 heterocycles. The highest BCUT2D eigenvalue weighted by Gasteiger charge is 2.13. The molecule has 0 saturated heterocycles. The number of benzene rings is 1. The molecule has 6 nitrogen and oxygen atoms in total. The van der Waals surface area contributed by atoms with Crippen molar-refractivity contribution >= 4 is 18.3 Å². The molecule has 0 radical (unpaired) electrons. The van der Waals surface area contributed by atoms with Crippen LogP contribution in [0.25, 0.3) is 5.69 Å². The molecule has 3 N–H and O–H groups in total. The van der Waals surface area contributed by atoms with Gasteiger partial charge in [-0.05, 0) is 19.1 Å². The molecule has 1 amide bonds. The van der Waals surface area contributed by atoms with E-state index in [1.807, 2.05) is 37.3 Å². The van der Waals surface area contributed by atoms with Gasteiger partial charge in [0.1, 0.15) is 0 Å². The smallest absolute Gasteiger partial charge is 0.273 e. The second kappa shape index (κ2) is 6.86. The molecule has 0 bridgehead atoms. The summed E-state index contributed by atoms with van der Waals surface area (Å²) in [6, 6.07) is 9.32. The van der Waals surface area contributed by atoms with Crippen molar-refractivity contribution in [1.82, 2.24) is 20.3 Å². The van der Waals surface area contributed by atoms with Crippen molar-refractivity contribution in [3.63, 3.8) is 0 Å². The van der Waals surface area contributed by atoms with Crippen LogP contribution in [0.3, 0.4) is 0 Å². The molecule has 7 heteroatoms. The predicted molar refractivity (Wildman–Crippen MR) is 74.6 cm³/mol. The van der Waals surface area contributed by atoms with Gasteiger partial charge in [0.2, 0.25) is 0 Å². The van der Waals surface area contributed by atoms with Gasteiger partial charge >= 0.3 is 0 Å². The van der Waals surface area contributed by atoms with Crippen LogP contribution in [0.15, 0.2) is 36.5 Å². The quantitative estimate of drug-likeness (QED) is 0.867. The van der Waals surface area contributed by atoms with Crippen LogP contribution in [0, 0.1) is 0 Å². The molecular weight excluding hydrogens is 266 g/mol. The zero-order valence-corrected chi connectivity index (χ0v) is 11.3. The number of carbonyl (C=O) groups excluding carboxylic acids is 1. The predicted octanol–water partition coefficient (Wildman–Crippen LogP) is 0.766. The van der Waals surface area contributed by atoms with Gasteiger partial charge in [-0.25, -0.2) is 0 Å². The average Bonchev–Trinajstić information content (AvgIpc) is 2.89. The van der Waals surface area contributed by atoms with E-state index in [4.69, 9.17) is 5.73 Å². The van der Waals surface area contributed by atoms with Crippen molar-refractivity contribution in [2.45, 2.75) is 13.0 Å². The third-order valence-electron chi connectivity index (χ3n) is 2.44. The van der Waals surface area contributed by atoms with Gasteiger partial charge < -0.3 is 11.1 Å². The second-order valence-corrected chi connectivity index (χ2v) is 3.97. The van der Waals surface area contributed by atoms with Crippen molar-refractivity contribution in [3.8, 4) is 5.69 Å². The van der Waals surface area contributed by atoms with E-state index in [2.05, 4.69) is 15.5 Å². The molecule has 1 aromatic carbocycles. The molecule has 0 spiro atoms. The molecule has 19 heavy (non-hydrogen) atoms. The number of aromatic nitrogens is 3. The Labute approximate surface area is 117 Å². The lowest BCUT2D eigenvalue weighted by atomic mass is 10.3. The van der Waals surface area contributed by atoms with Crippen molar-refractivity contribution in [2.75, 3.05) is 6.54 Å². The number of rotatable bonds is 4. The maximum atomic E-state index is 11.8. The highest BCUT2D eigenvalue weighted by Crippen LogP contribution is 2.04. The van der Waals surface area contributed by atoms with Crippen LogP contribution in [0.2, 0.25) is 0 Å². The number of hydrogen-bond acceptors (Lipinski definition) is 4. The molecule has 0 saturated carbocycles. The van der Waals surface area contributed by atoms with Crippen molar-refractivity contribution < 1.29 is 4.79 Å². The Kier molecular flexibility index (Phi) is 5.47. The van der Waals surface area contributed by atoms with E-state index in [0.29, 0.717) is 6.54 Å². The van der Waals surface area contributed by atoms with E-state index in [9.17, 15) is 4.79 Å². The number of hydrogen-bond donors (Lipinski definition) is 2. The molecule has 1 aromatic heterocycles. The topological polar surface area (TPSA) is 85.8 Å². The maximum absolute atomic E-state index is 11.8. The molecule has 102 valence electrons. The van der Waals surface area contributed by atoms with E-state index < -0.39 is 0 Å². The zero-order valence-electron chi connectivity index (χ0n) is 10.5. The van der Waals surface area contributed by atoms with Crippen molar-refractivity contribution in [2.24, 2.45) is 5.73 Å². The van der Waals surface area contributed by atoms with E-state index in [1.54, 1.807) is 0 Å². The van der Waals surface area contributed by atoms with Crippen LogP contribution in [-0.4, -0.2) is 33.5 Å². The Morgan fingerprint density at radius 1 is 1.42 bits per heavy atom. The first-order chi connectivity index (χ1) is 8.70. The van der Waals surface area contributed by atoms with Gasteiger partial charge in [-0.3, -0.25) is 4.79 Å². The standard InChI is InChI=1S/C12H15N5O.ClH/c1-9(7-13)15-12(18)11-8-14-17(16-11)10-5-3-2-4-6-10;/h2-6,8-9H,7,13H2,1H3,(H,15,18);1H/t9-;/m1./s1. The van der Waals surface area contributed by atoms with Crippen molar-refractivity contribution in [1.29, 1.82) is 0 Å². The first-order valence-electron chi connectivity index (χ1n) is 5.69. The second-order valence-electron chi connectivity index (χ2n) is 3.97. The molecule has 0 unspecified atom stereocenters. The first kappa shape index (κ1) is 15.1. The van der Waals surface area contributed by atoms with Gasteiger partial charge in [0.15, 0.2) is 5.69 Å². The first-order valence-corrected chi connectivity index (χ1v) is 5.69. The molecule has 0 aliphatic heterocycles. The summed E-state index contributed by atoms with van der Waals surface area (Å²) in [5, 5.41) is 10.9. The summed E-state index contributed by atoms with van der Waals surface area (Å²) < 4.78 is 0. The largest absolute Gasteiger partial charge is 0.347 e. The van der Waals surface area contributed by atoms with Crippen LogP contribution in [0.4, 0.5) is 0 Å². The summed E-state index contributed by atoms with van der Waals surface area (Å²) in [6.07, 6.45) is 1.44. The summed E-state index contributed by atoms with van der Waals surface area (Å²) in [5.74, 6) is -0.268. The summed E-state index contributed by atoms with van der Waals surface area (Å²) in [7, 11) is 0. The van der Waals surface area contributed by atoms with Crippen LogP contribution in [-0.2, 0) is 0 Å². The Morgan fingerprint density at radius 2 is 2.11 bits per heavy atom. The molecule has 2 aromatic rings. The van der Waals surface area contributed by atoms with Gasteiger partial charge in [-0.1, -0.05) is 18.2 Å². The molecule has 0 aliphatic rings. The van der Waals surface area contributed by atoms with Gasteiger partial charge in [-0.2, -0.15) is 9.90 Å². The number of nitrogens with zero attached hydrogens (tertiary/aromatic N) is 3. The monoisotopic (exact) mass is 281 g/mol. The average molecular weight is 282 g/mol. The highest BCUT2D eigenvalue weighted by atomic mass is 35.5. The molecule has 0 fully saturated rings. The minimum atomic E-state index is -0.268. The Balaban J connectivity index is 0.00000180. The number of nitrogens with one attached hydrogen (secondary N) is 1. The van der Waals surface area contributed by atoms with E-state index in [1.165, 1.54) is 11.0 Å². The van der Waals surface area contributed by atoms with Crippen molar-refractivity contribution in [3.05, 3.63) is 42.2 Å². The van der Waals surface area contributed by atoms with Gasteiger partial charge in [0.05, 0.1) is 11.9 Å². The maximum Gasteiger partial charge on any atom is 0.273 e. The van der Waals surface area contributed by atoms with Gasteiger partial charge in [0.25, 0.3) is 5.91 Å². The van der Waals surface area contributed by atoms with E-state index in [-0.39, 0.29) is 30.0 Å². The van der Waals surface area contributed by atoms with Crippen LogP contribution < -0.4 is 11.1 Å². The summed E-state index contributed by atoms with van der Waals surface area (Å²) in [4.78, 5) is 13.2. The third kappa shape index (κ3) is 3.77. The molecular formula is C12H16ClN5O. The Morgan fingerprint density at radius 3 is 2.74 bits per heavy atom. The van der Waals surface area contributed by atoms with E-state index >= 15 is 0 Å². The number of para-hydroxylation sites is 1. The Bertz CT molecular complexity index is 528. The number of amides is 1. The fraction of sp³-hybridized carbons (Fsp3) is 0.250. The lowest BCUT2D eigenvalue weighted by molar-refractivity contribution is 0.0936. The molecule has 2 rings (SSSR count). The van der Waals surface area contributed by atoms with Crippen LogP contribution in [0.1, 0.15) is 17.4 Å². The summed E-state index contributed by atoms with van der Waals surface area (Å²) >= 11 is 0. The summed E-state index contributed by atoms with van der Waals surface area (Å²) in [6.45, 7) is 2.22. The van der Waals surface area contributed by atoms with Crippen LogP contribution >= 0.6 is 12.4 Å². The van der Waals surface area contributed by atoms with Crippen LogP contribution in [0.5, 0.6) is 0 Å². The highest BCUT2D eigenvalue weighted by molar-refractivity contribution is 5.92. The fourth-order valence-electron chi connectivity index (χ4n) is 1.41. The van der Waals surface area contributed by atoms with Gasteiger partial charge in [-0.15, -0.1) is 17.5 Å². The lowest BCUT2D eigenvalue weighted by Gasteiger charge is -2.08. The summed E-state index contributed by atoms with van der Waals surface area (Å²) in [5.41, 5.74) is 6.52. The molecule has 1 atom stereocenters. The fourth-order valence-corrected chi connectivity index (χ4v) is 1.41. The normalized spacial score (nSPS) is 11.5. The lowest BCUT2D eigenvalue weighted by Crippen LogP contribution is -2.38. The number of halogens is 1. The van der Waals surface area contributed by atoms with E-state index in [0.717, 1.165) is 5.69 Å². The minimum Gasteiger partial charge on any atom is -0.347 e. The SMILES string of the molecule is C[C@H](CN)NC(=O)c1cnn(-c2ccccc2)n1.Cl. The third-order valence-corrected chi connectivity index (χ3v) is 2.44.